The van der Waals surface area contributed by atoms with E-state index in [0.717, 1.165) is 12.1 Å². The van der Waals surface area contributed by atoms with Crippen LogP contribution in [0.4, 0.5) is 26.3 Å². The molecule has 0 aliphatic carbocycles. The Balaban J connectivity index is 0.000000311. The molecular formula is C19H17Br2F6NOSi. The van der Waals surface area contributed by atoms with E-state index >= 15 is 0 Å². The van der Waals surface area contributed by atoms with E-state index in [1.165, 1.54) is 18.2 Å². The van der Waals surface area contributed by atoms with E-state index in [2.05, 4.69) is 36.5 Å². The minimum absolute atomic E-state index is 0.106. The second-order valence-electron chi connectivity index (χ2n) is 6.98. The zero-order chi connectivity index (χ0) is 23.3. The lowest BCUT2D eigenvalue weighted by Gasteiger charge is -2.17. The Hall–Kier alpha value is -1.46. The maximum absolute atomic E-state index is 12.9. The van der Waals surface area contributed by atoms with E-state index in [-0.39, 0.29) is 11.1 Å². The Bertz CT molecular complexity index is 920. The van der Waals surface area contributed by atoms with Gasteiger partial charge in [-0.3, -0.25) is 4.79 Å². The molecule has 0 N–H and O–H groups in total. The van der Waals surface area contributed by atoms with E-state index < -0.39 is 32.1 Å². The third-order valence-corrected chi connectivity index (χ3v) is 5.04. The number of Topliss-reactive ketones (excluding diaryl/α,β-unsaturated/α-hetero) is 1. The summed E-state index contributed by atoms with van der Waals surface area (Å²) in [5, 5.41) is 0. The fourth-order valence-electron chi connectivity index (χ4n) is 2.06. The molecule has 0 aliphatic rings. The molecule has 0 bridgehead atoms. The number of carbonyl (C=O) groups excluding carboxylic acids is 1. The van der Waals surface area contributed by atoms with Crippen molar-refractivity contribution in [1.29, 1.82) is 0 Å². The van der Waals surface area contributed by atoms with Crippen molar-refractivity contribution < 1.29 is 31.1 Å². The number of carbonyl (C=O) groups is 1. The monoisotopic (exact) mass is 575 g/mol. The van der Waals surface area contributed by atoms with Crippen LogP contribution in [0.15, 0.2) is 62.1 Å². The molecular weight excluding hydrogens is 560 g/mol. The highest BCUT2D eigenvalue weighted by molar-refractivity contribution is 9.10. The Labute approximate surface area is 187 Å². The van der Waals surface area contributed by atoms with Crippen LogP contribution >= 0.6 is 31.9 Å². The first-order valence-corrected chi connectivity index (χ1v) is 13.3. The van der Waals surface area contributed by atoms with Gasteiger partial charge in [0.05, 0.1) is 0 Å². The quantitative estimate of drug-likeness (QED) is 0.158. The Morgan fingerprint density at radius 2 is 1.23 bits per heavy atom. The van der Waals surface area contributed by atoms with Gasteiger partial charge in [0.1, 0.15) is 5.71 Å². The summed E-state index contributed by atoms with van der Waals surface area (Å²) < 4.78 is 79.5. The molecule has 0 radical (unpaired) electrons. The van der Waals surface area contributed by atoms with Crippen LogP contribution in [0.1, 0.15) is 15.9 Å². The predicted molar refractivity (Wildman–Crippen MR) is 115 cm³/mol. The smallest absolute Gasteiger partial charge is 0.317 e. The van der Waals surface area contributed by atoms with E-state index in [0.29, 0.717) is 8.95 Å². The van der Waals surface area contributed by atoms with E-state index in [4.69, 9.17) is 0 Å². The van der Waals surface area contributed by atoms with Gasteiger partial charge in [0.25, 0.3) is 5.78 Å². The van der Waals surface area contributed by atoms with Crippen molar-refractivity contribution in [3.63, 3.8) is 0 Å². The van der Waals surface area contributed by atoms with Gasteiger partial charge in [-0.1, -0.05) is 56.1 Å². The van der Waals surface area contributed by atoms with Gasteiger partial charge in [-0.2, -0.15) is 26.3 Å². The summed E-state index contributed by atoms with van der Waals surface area (Å²) in [7, 11) is -2.18. The molecule has 2 rings (SSSR count). The molecule has 0 aromatic heterocycles. The van der Waals surface area contributed by atoms with Crippen molar-refractivity contribution in [3.8, 4) is 0 Å². The first kappa shape index (κ1) is 26.6. The lowest BCUT2D eigenvalue weighted by Crippen LogP contribution is -2.30. The van der Waals surface area contributed by atoms with Gasteiger partial charge in [0.15, 0.2) is 8.24 Å². The van der Waals surface area contributed by atoms with Crippen LogP contribution in [0.3, 0.4) is 0 Å². The van der Waals surface area contributed by atoms with Crippen LogP contribution in [0.2, 0.25) is 19.6 Å². The van der Waals surface area contributed by atoms with Gasteiger partial charge >= 0.3 is 12.4 Å². The lowest BCUT2D eigenvalue weighted by atomic mass is 10.1. The molecule has 2 aromatic rings. The average molecular weight is 577 g/mol. The highest BCUT2D eigenvalue weighted by Crippen LogP contribution is 2.26. The van der Waals surface area contributed by atoms with Crippen LogP contribution in [0.25, 0.3) is 0 Å². The highest BCUT2D eigenvalue weighted by Gasteiger charge is 2.39. The van der Waals surface area contributed by atoms with Crippen molar-refractivity contribution in [3.05, 3.63) is 68.6 Å². The lowest BCUT2D eigenvalue weighted by molar-refractivity contribution is -0.0885. The molecule has 0 saturated carbocycles. The summed E-state index contributed by atoms with van der Waals surface area (Å²) in [6.45, 7) is 5.32. The van der Waals surface area contributed by atoms with Crippen molar-refractivity contribution in [2.24, 2.45) is 4.66 Å². The Kier molecular flexibility index (Phi) is 9.06. The molecule has 2 nitrogen and oxygen atoms in total. The molecule has 11 heteroatoms. The molecule has 0 spiro atoms. The van der Waals surface area contributed by atoms with E-state index in [1.54, 1.807) is 37.8 Å². The third kappa shape index (κ3) is 9.13. The predicted octanol–water partition coefficient (Wildman–Crippen LogP) is 7.83. The largest absolute Gasteiger partial charge is 0.454 e. The standard InChI is InChI=1S/C11H13BrF3NSi.C8H4BrF3O/c1-17(2,3)16-10(11(13,14)15)8-5-4-6-9(12)7-8;9-6-3-1-2-5(4-6)7(13)8(10,11)12/h4-7H,1-3H3;1-4H. The molecule has 30 heavy (non-hydrogen) atoms. The van der Waals surface area contributed by atoms with Gasteiger partial charge in [0, 0.05) is 20.1 Å². The zero-order valence-electron chi connectivity index (χ0n) is 16.0. The molecule has 2 aromatic carbocycles. The number of benzene rings is 2. The van der Waals surface area contributed by atoms with E-state index in [9.17, 15) is 31.1 Å². The maximum Gasteiger partial charge on any atom is 0.454 e. The summed E-state index contributed by atoms with van der Waals surface area (Å²) in [4.78, 5) is 10.7. The van der Waals surface area contributed by atoms with Crippen LogP contribution in [0.5, 0.6) is 0 Å². The van der Waals surface area contributed by atoms with Gasteiger partial charge in [-0.05, 0) is 43.9 Å². The third-order valence-electron chi connectivity index (χ3n) is 3.16. The number of halogens is 8. The SMILES string of the molecule is C[Si](C)(C)N=C(c1cccc(Br)c1)C(F)(F)F.O=C(c1cccc(Br)c1)C(F)(F)F. The summed E-state index contributed by atoms with van der Waals surface area (Å²) >= 11 is 6.14. The van der Waals surface area contributed by atoms with Crippen molar-refractivity contribution in [2.75, 3.05) is 0 Å². The maximum atomic E-state index is 12.9. The number of rotatable bonds is 3. The molecule has 0 unspecified atom stereocenters. The van der Waals surface area contributed by atoms with Gasteiger partial charge in [-0.15, -0.1) is 0 Å². The molecule has 0 atom stereocenters. The molecule has 164 valence electrons. The van der Waals surface area contributed by atoms with Crippen LogP contribution in [0, 0.1) is 0 Å². The first-order chi connectivity index (χ1) is 13.5. The fraction of sp³-hybridized carbons (Fsp3) is 0.263. The molecule has 0 fully saturated rings. The summed E-state index contributed by atoms with van der Waals surface area (Å²) in [5.74, 6) is -1.83. The Morgan fingerprint density at radius 3 is 1.60 bits per heavy atom. The number of nitrogens with zero attached hydrogens (tertiary/aromatic N) is 1. The molecule has 0 amide bonds. The Morgan fingerprint density at radius 1 is 0.800 bits per heavy atom. The molecule has 0 saturated heterocycles. The van der Waals surface area contributed by atoms with Crippen molar-refractivity contribution >= 4 is 51.6 Å². The zero-order valence-corrected chi connectivity index (χ0v) is 20.2. The van der Waals surface area contributed by atoms with Gasteiger partial charge in [-0.25, -0.2) is 0 Å². The fourth-order valence-corrected chi connectivity index (χ4v) is 3.78. The van der Waals surface area contributed by atoms with Crippen LogP contribution in [-0.2, 0) is 0 Å². The summed E-state index contributed by atoms with van der Waals surface area (Å²) in [6.07, 6.45) is -9.22. The molecule has 0 heterocycles. The second kappa shape index (κ2) is 10.2. The van der Waals surface area contributed by atoms with Crippen molar-refractivity contribution in [1.82, 2.24) is 0 Å². The molecule has 0 aliphatic heterocycles. The number of hydrogen-bond donors (Lipinski definition) is 0. The van der Waals surface area contributed by atoms with E-state index in [1.807, 2.05) is 0 Å². The van der Waals surface area contributed by atoms with Gasteiger partial charge < -0.3 is 4.66 Å². The topological polar surface area (TPSA) is 29.4 Å². The summed E-state index contributed by atoms with van der Waals surface area (Å²) in [6, 6.07) is 11.3. The van der Waals surface area contributed by atoms with Crippen molar-refractivity contribution in [2.45, 2.75) is 32.0 Å². The van der Waals surface area contributed by atoms with Crippen LogP contribution in [-0.4, -0.2) is 32.1 Å². The minimum atomic E-state index is -4.80. The van der Waals surface area contributed by atoms with Crippen LogP contribution < -0.4 is 0 Å². The normalized spacial score (nSPS) is 12.8. The number of hydrogen-bond acceptors (Lipinski definition) is 2. The highest BCUT2D eigenvalue weighted by atomic mass is 79.9. The van der Waals surface area contributed by atoms with Gasteiger partial charge in [0.2, 0.25) is 0 Å². The summed E-state index contributed by atoms with van der Waals surface area (Å²) in [5.41, 5.74) is -1.03. The second-order valence-corrected chi connectivity index (χ2v) is 13.4. The number of alkyl halides is 6. The first-order valence-electron chi connectivity index (χ1n) is 8.31. The number of ketones is 1. The average Bonchev–Trinajstić information content (AvgIpc) is 2.57. The minimum Gasteiger partial charge on any atom is -0.317 e.